The molecule has 1 nitrogen and oxygen atoms in total. The Kier molecular flexibility index (Phi) is 2.42. The van der Waals surface area contributed by atoms with Crippen LogP contribution in [0.5, 0.6) is 0 Å². The summed E-state index contributed by atoms with van der Waals surface area (Å²) in [6.45, 7) is 2.19. The molecule has 0 heterocycles. The first-order chi connectivity index (χ1) is 9.13. The molecule has 4 bridgehead atoms. The third-order valence-corrected chi connectivity index (χ3v) is 6.26. The van der Waals surface area contributed by atoms with Gasteiger partial charge in [-0.1, -0.05) is 29.8 Å². The minimum atomic E-state index is 0.453. The molecule has 1 N–H and O–H groups in total. The van der Waals surface area contributed by atoms with Crippen molar-refractivity contribution in [2.24, 2.45) is 11.8 Å². The third-order valence-electron chi connectivity index (χ3n) is 6.26. The molecular formula is C18H25N. The lowest BCUT2D eigenvalue weighted by Gasteiger charge is -2.62. The predicted octanol–water partition coefficient (Wildman–Crippen LogP) is 3.80. The zero-order chi connectivity index (χ0) is 13.1. The molecule has 19 heavy (non-hydrogen) atoms. The van der Waals surface area contributed by atoms with Crippen LogP contribution in [-0.4, -0.2) is 12.6 Å². The monoisotopic (exact) mass is 255 g/mol. The molecule has 0 spiro atoms. The van der Waals surface area contributed by atoms with Crippen molar-refractivity contribution in [3.8, 4) is 0 Å². The van der Waals surface area contributed by atoms with Crippen molar-refractivity contribution >= 4 is 0 Å². The minimum Gasteiger partial charge on any atom is -0.314 e. The molecule has 4 fully saturated rings. The van der Waals surface area contributed by atoms with E-state index in [-0.39, 0.29) is 0 Å². The molecule has 0 aliphatic heterocycles. The molecule has 0 amide bonds. The van der Waals surface area contributed by atoms with Crippen molar-refractivity contribution in [1.29, 1.82) is 0 Å². The highest BCUT2D eigenvalue weighted by molar-refractivity contribution is 5.33. The van der Waals surface area contributed by atoms with Gasteiger partial charge in [0.05, 0.1) is 0 Å². The van der Waals surface area contributed by atoms with Gasteiger partial charge < -0.3 is 5.32 Å². The Hall–Kier alpha value is -0.820. The maximum absolute atomic E-state index is 3.72. The van der Waals surface area contributed by atoms with E-state index in [0.717, 1.165) is 11.8 Å². The number of nitrogens with one attached hydrogen (secondary N) is 1. The molecular weight excluding hydrogens is 230 g/mol. The van der Waals surface area contributed by atoms with Crippen LogP contribution in [0, 0.1) is 18.8 Å². The van der Waals surface area contributed by atoms with Crippen LogP contribution in [0.3, 0.4) is 0 Å². The smallest absolute Gasteiger partial charge is 0.0192 e. The quantitative estimate of drug-likeness (QED) is 0.847. The Labute approximate surface area is 116 Å². The van der Waals surface area contributed by atoms with E-state index in [2.05, 4.69) is 43.6 Å². The Morgan fingerprint density at radius 1 is 1.00 bits per heavy atom. The van der Waals surface area contributed by atoms with Gasteiger partial charge in [0.25, 0.3) is 0 Å². The Morgan fingerprint density at radius 2 is 1.63 bits per heavy atom. The second-order valence-electron chi connectivity index (χ2n) is 7.64. The van der Waals surface area contributed by atoms with Gasteiger partial charge in [-0.05, 0) is 75.3 Å². The van der Waals surface area contributed by atoms with E-state index < -0.39 is 0 Å². The van der Waals surface area contributed by atoms with E-state index in [4.69, 9.17) is 0 Å². The highest BCUT2D eigenvalue weighted by atomic mass is 15.0. The molecule has 0 saturated heterocycles. The zero-order valence-electron chi connectivity index (χ0n) is 12.2. The van der Waals surface area contributed by atoms with Gasteiger partial charge in [0.2, 0.25) is 0 Å². The van der Waals surface area contributed by atoms with Crippen LogP contribution in [0.15, 0.2) is 24.3 Å². The Bertz CT molecular complexity index is 473. The van der Waals surface area contributed by atoms with Gasteiger partial charge in [0.1, 0.15) is 0 Å². The summed E-state index contributed by atoms with van der Waals surface area (Å²) in [6, 6.07) is 9.43. The lowest BCUT2D eigenvalue weighted by Crippen LogP contribution is -2.62. The first-order valence-corrected chi connectivity index (χ1v) is 7.89. The fraction of sp³-hybridized carbons (Fsp3) is 0.667. The summed E-state index contributed by atoms with van der Waals surface area (Å²) in [6.07, 6.45) is 8.59. The molecule has 1 aromatic carbocycles. The average molecular weight is 255 g/mol. The topological polar surface area (TPSA) is 12.0 Å². The number of aryl methyl sites for hydroxylation is 1. The maximum Gasteiger partial charge on any atom is 0.0192 e. The molecule has 4 aliphatic rings. The summed E-state index contributed by atoms with van der Waals surface area (Å²) < 4.78 is 0. The van der Waals surface area contributed by atoms with Crippen molar-refractivity contribution < 1.29 is 0 Å². The largest absolute Gasteiger partial charge is 0.314 e. The zero-order valence-corrected chi connectivity index (χ0v) is 12.2. The van der Waals surface area contributed by atoms with E-state index in [1.54, 1.807) is 5.56 Å². The molecule has 4 saturated carbocycles. The molecule has 0 radical (unpaired) electrons. The lowest BCUT2D eigenvalue weighted by atomic mass is 9.45. The molecule has 0 aromatic heterocycles. The van der Waals surface area contributed by atoms with Crippen LogP contribution in [-0.2, 0) is 5.41 Å². The summed E-state index contributed by atoms with van der Waals surface area (Å²) in [5, 5.41) is 3.72. The van der Waals surface area contributed by atoms with Crippen molar-refractivity contribution in [3.63, 3.8) is 0 Å². The number of hydrogen-bond donors (Lipinski definition) is 1. The Balaban J connectivity index is 1.76. The molecule has 4 aliphatic carbocycles. The van der Waals surface area contributed by atoms with Gasteiger partial charge >= 0.3 is 0 Å². The van der Waals surface area contributed by atoms with E-state index in [0.29, 0.717) is 11.0 Å². The van der Waals surface area contributed by atoms with Gasteiger partial charge in [0.15, 0.2) is 0 Å². The van der Waals surface area contributed by atoms with Crippen LogP contribution in [0.2, 0.25) is 0 Å². The van der Waals surface area contributed by atoms with E-state index in [9.17, 15) is 0 Å². The first kappa shape index (κ1) is 12.0. The van der Waals surface area contributed by atoms with E-state index in [1.165, 1.54) is 44.1 Å². The SMILES string of the molecule is CNC12CC3CC(C1)CC(c1ccc(C)cc1)(C3)C2. The number of rotatable bonds is 2. The van der Waals surface area contributed by atoms with Gasteiger partial charge in [-0.15, -0.1) is 0 Å². The van der Waals surface area contributed by atoms with Crippen molar-refractivity contribution in [2.75, 3.05) is 7.05 Å². The van der Waals surface area contributed by atoms with Gasteiger partial charge in [0, 0.05) is 5.54 Å². The van der Waals surface area contributed by atoms with Crippen LogP contribution in [0.25, 0.3) is 0 Å². The van der Waals surface area contributed by atoms with Crippen LogP contribution < -0.4 is 5.32 Å². The minimum absolute atomic E-state index is 0.453. The highest BCUT2D eigenvalue weighted by Gasteiger charge is 2.57. The molecule has 5 rings (SSSR count). The lowest BCUT2D eigenvalue weighted by molar-refractivity contribution is -0.0373. The first-order valence-electron chi connectivity index (χ1n) is 7.89. The normalized spacial score (nSPS) is 43.7. The van der Waals surface area contributed by atoms with Gasteiger partial charge in [-0.3, -0.25) is 0 Å². The molecule has 1 heteroatoms. The third kappa shape index (κ3) is 1.71. The maximum atomic E-state index is 3.72. The average Bonchev–Trinajstić information content (AvgIpc) is 2.38. The fourth-order valence-corrected chi connectivity index (χ4v) is 5.80. The molecule has 102 valence electrons. The standard InChI is InChI=1S/C18H25N/c1-13-3-5-16(6-4-13)17-8-14-7-15(9-17)11-18(10-14,12-17)19-2/h3-6,14-15,19H,7-12H2,1-2H3. The number of hydrogen-bond acceptors (Lipinski definition) is 1. The molecule has 2 unspecified atom stereocenters. The van der Waals surface area contributed by atoms with Gasteiger partial charge in [-0.2, -0.15) is 0 Å². The second-order valence-corrected chi connectivity index (χ2v) is 7.64. The summed E-state index contributed by atoms with van der Waals surface area (Å²) >= 11 is 0. The summed E-state index contributed by atoms with van der Waals surface area (Å²) in [7, 11) is 2.19. The van der Waals surface area contributed by atoms with E-state index in [1.807, 2.05) is 0 Å². The Morgan fingerprint density at radius 3 is 2.21 bits per heavy atom. The van der Waals surface area contributed by atoms with Crippen LogP contribution in [0.4, 0.5) is 0 Å². The number of benzene rings is 1. The summed E-state index contributed by atoms with van der Waals surface area (Å²) in [5.74, 6) is 1.94. The molecule has 2 atom stereocenters. The van der Waals surface area contributed by atoms with Crippen LogP contribution in [0.1, 0.15) is 49.7 Å². The fourth-order valence-electron chi connectivity index (χ4n) is 5.80. The van der Waals surface area contributed by atoms with Crippen molar-refractivity contribution in [3.05, 3.63) is 35.4 Å². The molecule has 1 aromatic rings. The van der Waals surface area contributed by atoms with Crippen LogP contribution >= 0.6 is 0 Å². The van der Waals surface area contributed by atoms with E-state index >= 15 is 0 Å². The summed E-state index contributed by atoms with van der Waals surface area (Å²) in [5.41, 5.74) is 3.94. The summed E-state index contributed by atoms with van der Waals surface area (Å²) in [4.78, 5) is 0. The highest BCUT2D eigenvalue weighted by Crippen LogP contribution is 2.62. The predicted molar refractivity (Wildman–Crippen MR) is 79.3 cm³/mol. The second kappa shape index (κ2) is 3.85. The van der Waals surface area contributed by atoms with Crippen molar-refractivity contribution in [2.45, 2.75) is 56.4 Å². The van der Waals surface area contributed by atoms with Gasteiger partial charge in [-0.25, -0.2) is 0 Å². The van der Waals surface area contributed by atoms with Crippen molar-refractivity contribution in [1.82, 2.24) is 5.32 Å².